The van der Waals surface area contributed by atoms with Crippen LogP contribution in [0.4, 0.5) is 5.13 Å². The Bertz CT molecular complexity index is 866. The van der Waals surface area contributed by atoms with Gasteiger partial charge in [0, 0.05) is 10.9 Å². The molecule has 0 saturated carbocycles. The molecule has 0 saturated heterocycles. The number of carbonyl (C=O) groups is 1. The molecular weight excluding hydrogens is 298 g/mol. The van der Waals surface area contributed by atoms with Gasteiger partial charge in [-0.05, 0) is 49.4 Å². The second kappa shape index (κ2) is 5.21. The summed E-state index contributed by atoms with van der Waals surface area (Å²) in [6.45, 7) is 1.86. The molecule has 5 nitrogen and oxygen atoms in total. The summed E-state index contributed by atoms with van der Waals surface area (Å²) >= 11 is 1.37. The van der Waals surface area contributed by atoms with Crippen molar-refractivity contribution in [2.75, 3.05) is 5.32 Å². The normalized spacial score (nSPS) is 13.5. The third kappa shape index (κ3) is 2.39. The van der Waals surface area contributed by atoms with E-state index >= 15 is 0 Å². The van der Waals surface area contributed by atoms with Crippen LogP contribution in [0.1, 0.15) is 28.1 Å². The summed E-state index contributed by atoms with van der Waals surface area (Å²) in [5.74, 6) is -0.0978. The van der Waals surface area contributed by atoms with Crippen LogP contribution in [-0.2, 0) is 24.1 Å². The molecule has 0 aliphatic heterocycles. The lowest BCUT2D eigenvalue weighted by Crippen LogP contribution is -2.14. The molecule has 1 N–H and O–H groups in total. The summed E-state index contributed by atoms with van der Waals surface area (Å²) in [5, 5.41) is 13.0. The van der Waals surface area contributed by atoms with E-state index in [1.807, 2.05) is 6.92 Å². The Kier molecular flexibility index (Phi) is 3.18. The third-order valence-electron chi connectivity index (χ3n) is 3.99. The first-order chi connectivity index (χ1) is 10.7. The number of aryl methyl sites for hydroxylation is 3. The molecule has 1 aliphatic carbocycles. The number of rotatable bonds is 3. The number of anilines is 1. The number of carbonyl (C=O) groups excluding carboxylic acids is 1. The van der Waals surface area contributed by atoms with Gasteiger partial charge < -0.3 is 9.73 Å². The molecular formula is C16H15N3O2S. The first-order valence-electron chi connectivity index (χ1n) is 7.31. The number of nitrogens with zero attached hydrogens (tertiary/aromatic N) is 2. The lowest BCUT2D eigenvalue weighted by atomic mass is 10.0. The van der Waals surface area contributed by atoms with E-state index in [9.17, 15) is 4.79 Å². The lowest BCUT2D eigenvalue weighted by molar-refractivity contribution is -0.115. The van der Waals surface area contributed by atoms with Crippen molar-refractivity contribution in [3.05, 3.63) is 40.1 Å². The standard InChI is InChI=1S/C16H15N3O2S/c1-9-18-19-16(22-9)17-15(20)7-12-8-21-14-6-11-4-2-3-10(11)5-13(12)14/h5-6,8H,2-4,7H2,1H3,(H,17,19,20). The van der Waals surface area contributed by atoms with Crippen LogP contribution in [0.2, 0.25) is 0 Å². The Hall–Kier alpha value is -2.21. The van der Waals surface area contributed by atoms with E-state index in [0.717, 1.165) is 34.4 Å². The molecule has 1 amide bonds. The fourth-order valence-electron chi connectivity index (χ4n) is 2.97. The molecule has 1 aliphatic rings. The minimum atomic E-state index is -0.0978. The monoisotopic (exact) mass is 313 g/mol. The van der Waals surface area contributed by atoms with Gasteiger partial charge in [0.15, 0.2) is 0 Å². The fraction of sp³-hybridized carbons (Fsp3) is 0.312. The number of fused-ring (bicyclic) bond motifs is 2. The van der Waals surface area contributed by atoms with E-state index in [4.69, 9.17) is 4.42 Å². The van der Waals surface area contributed by atoms with E-state index in [-0.39, 0.29) is 12.3 Å². The quantitative estimate of drug-likeness (QED) is 0.806. The number of amides is 1. The average Bonchev–Trinajstić information content (AvgIpc) is 3.18. The summed E-state index contributed by atoms with van der Waals surface area (Å²) in [5.41, 5.74) is 4.55. The number of aromatic nitrogens is 2. The SMILES string of the molecule is Cc1nnc(NC(=O)Cc2coc3cc4c(cc23)CCC4)s1. The third-order valence-corrected chi connectivity index (χ3v) is 4.75. The molecule has 2 heterocycles. The fourth-order valence-corrected chi connectivity index (χ4v) is 3.58. The van der Waals surface area contributed by atoms with Gasteiger partial charge in [-0.15, -0.1) is 10.2 Å². The zero-order valence-electron chi connectivity index (χ0n) is 12.2. The highest BCUT2D eigenvalue weighted by Crippen LogP contribution is 2.30. The Morgan fingerprint density at radius 2 is 2.14 bits per heavy atom. The predicted molar refractivity (Wildman–Crippen MR) is 85.2 cm³/mol. The Morgan fingerprint density at radius 1 is 1.32 bits per heavy atom. The molecule has 0 fully saturated rings. The second-order valence-electron chi connectivity index (χ2n) is 5.58. The van der Waals surface area contributed by atoms with Crippen LogP contribution in [0.25, 0.3) is 11.0 Å². The van der Waals surface area contributed by atoms with E-state index in [2.05, 4.69) is 27.6 Å². The smallest absolute Gasteiger partial charge is 0.230 e. The van der Waals surface area contributed by atoms with Gasteiger partial charge in [-0.25, -0.2) is 0 Å². The zero-order valence-corrected chi connectivity index (χ0v) is 13.0. The van der Waals surface area contributed by atoms with Gasteiger partial charge in [0.1, 0.15) is 10.6 Å². The molecule has 0 atom stereocenters. The molecule has 0 spiro atoms. The highest BCUT2D eigenvalue weighted by Gasteiger charge is 2.17. The van der Waals surface area contributed by atoms with Crippen molar-refractivity contribution in [3.63, 3.8) is 0 Å². The average molecular weight is 313 g/mol. The number of hydrogen-bond donors (Lipinski definition) is 1. The first kappa shape index (κ1) is 13.5. The maximum absolute atomic E-state index is 12.2. The van der Waals surface area contributed by atoms with Gasteiger partial charge in [-0.2, -0.15) is 0 Å². The number of hydrogen-bond acceptors (Lipinski definition) is 5. The minimum absolute atomic E-state index is 0.0978. The number of benzene rings is 1. The van der Waals surface area contributed by atoms with Crippen LogP contribution in [-0.4, -0.2) is 16.1 Å². The molecule has 0 radical (unpaired) electrons. The minimum Gasteiger partial charge on any atom is -0.464 e. The Labute approximate surface area is 131 Å². The molecule has 6 heteroatoms. The molecule has 4 rings (SSSR count). The summed E-state index contributed by atoms with van der Waals surface area (Å²) in [6.07, 6.45) is 5.41. The van der Waals surface area contributed by atoms with Crippen molar-refractivity contribution in [2.24, 2.45) is 0 Å². The van der Waals surface area contributed by atoms with Crippen molar-refractivity contribution >= 4 is 33.3 Å². The van der Waals surface area contributed by atoms with Gasteiger partial charge in [0.2, 0.25) is 11.0 Å². The topological polar surface area (TPSA) is 68.0 Å². The number of nitrogens with one attached hydrogen (secondary N) is 1. The molecule has 112 valence electrons. The molecule has 3 aromatic rings. The van der Waals surface area contributed by atoms with Crippen molar-refractivity contribution < 1.29 is 9.21 Å². The van der Waals surface area contributed by atoms with Crippen LogP contribution in [0.15, 0.2) is 22.8 Å². The van der Waals surface area contributed by atoms with E-state index in [0.29, 0.717) is 5.13 Å². The second-order valence-corrected chi connectivity index (χ2v) is 6.76. The van der Waals surface area contributed by atoms with Crippen LogP contribution >= 0.6 is 11.3 Å². The molecule has 2 aromatic heterocycles. The summed E-state index contributed by atoms with van der Waals surface area (Å²) < 4.78 is 5.62. The highest BCUT2D eigenvalue weighted by molar-refractivity contribution is 7.15. The Balaban J connectivity index is 1.57. The first-order valence-corrected chi connectivity index (χ1v) is 8.12. The largest absolute Gasteiger partial charge is 0.464 e. The maximum Gasteiger partial charge on any atom is 0.230 e. The maximum atomic E-state index is 12.2. The van der Waals surface area contributed by atoms with Gasteiger partial charge in [0.05, 0.1) is 12.7 Å². The number of furan rings is 1. The van der Waals surface area contributed by atoms with Crippen LogP contribution in [0.3, 0.4) is 0 Å². The van der Waals surface area contributed by atoms with Crippen molar-refractivity contribution in [1.82, 2.24) is 10.2 Å². The van der Waals surface area contributed by atoms with Crippen LogP contribution in [0, 0.1) is 6.92 Å². The Morgan fingerprint density at radius 3 is 2.91 bits per heavy atom. The molecule has 0 unspecified atom stereocenters. The van der Waals surface area contributed by atoms with Gasteiger partial charge in [-0.1, -0.05) is 11.3 Å². The van der Waals surface area contributed by atoms with Gasteiger partial charge >= 0.3 is 0 Å². The summed E-state index contributed by atoms with van der Waals surface area (Å²) in [6, 6.07) is 4.30. The van der Waals surface area contributed by atoms with E-state index < -0.39 is 0 Å². The van der Waals surface area contributed by atoms with Crippen molar-refractivity contribution in [3.8, 4) is 0 Å². The van der Waals surface area contributed by atoms with E-state index in [1.54, 1.807) is 6.26 Å². The predicted octanol–water partition coefficient (Wildman–Crippen LogP) is 3.26. The van der Waals surface area contributed by atoms with Crippen LogP contribution in [0.5, 0.6) is 0 Å². The van der Waals surface area contributed by atoms with Gasteiger partial charge in [0.25, 0.3) is 0 Å². The van der Waals surface area contributed by atoms with Crippen LogP contribution < -0.4 is 5.32 Å². The lowest BCUT2D eigenvalue weighted by Gasteiger charge is -2.02. The molecule has 0 bridgehead atoms. The van der Waals surface area contributed by atoms with E-state index in [1.165, 1.54) is 28.9 Å². The van der Waals surface area contributed by atoms with Crippen molar-refractivity contribution in [1.29, 1.82) is 0 Å². The highest BCUT2D eigenvalue weighted by atomic mass is 32.1. The molecule has 22 heavy (non-hydrogen) atoms. The zero-order chi connectivity index (χ0) is 15.1. The molecule has 1 aromatic carbocycles. The van der Waals surface area contributed by atoms with Gasteiger partial charge in [-0.3, -0.25) is 4.79 Å². The summed E-state index contributed by atoms with van der Waals surface area (Å²) in [7, 11) is 0. The summed E-state index contributed by atoms with van der Waals surface area (Å²) in [4.78, 5) is 12.2. The van der Waals surface area contributed by atoms with Crippen molar-refractivity contribution in [2.45, 2.75) is 32.6 Å².